The van der Waals surface area contributed by atoms with Gasteiger partial charge in [0.05, 0.1) is 23.9 Å². The molecule has 0 atom stereocenters. The predicted octanol–water partition coefficient (Wildman–Crippen LogP) is 3.46. The van der Waals surface area contributed by atoms with Crippen molar-refractivity contribution < 1.29 is 14.3 Å². The third kappa shape index (κ3) is 4.18. The number of carbonyl (C=O) groups excluding carboxylic acids is 2. The molecule has 0 saturated heterocycles. The Labute approximate surface area is 155 Å². The van der Waals surface area contributed by atoms with Gasteiger partial charge < -0.3 is 10.1 Å². The van der Waals surface area contributed by atoms with Gasteiger partial charge in [-0.3, -0.25) is 4.79 Å². The van der Waals surface area contributed by atoms with E-state index < -0.39 is 5.97 Å². The van der Waals surface area contributed by atoms with Crippen molar-refractivity contribution in [2.45, 2.75) is 11.9 Å². The van der Waals surface area contributed by atoms with Gasteiger partial charge in [0, 0.05) is 11.1 Å². The number of carbonyl (C=O) groups is 2. The van der Waals surface area contributed by atoms with E-state index in [0.29, 0.717) is 17.1 Å². The number of fused-ring (bicyclic) bond motifs is 1. The molecule has 0 saturated carbocycles. The summed E-state index contributed by atoms with van der Waals surface area (Å²) in [5.74, 6) is 0.328. The van der Waals surface area contributed by atoms with Crippen molar-refractivity contribution in [3.8, 4) is 0 Å². The first-order chi connectivity index (χ1) is 12.6. The van der Waals surface area contributed by atoms with Crippen LogP contribution in [0.1, 0.15) is 16.2 Å². The van der Waals surface area contributed by atoms with Gasteiger partial charge in [-0.25, -0.2) is 14.8 Å². The number of aromatic nitrogens is 2. The standard InChI is InChI=1S/C19H17N3O3S/c1-12-20-16-6-4-3-5-15(16)18(21-12)26-11-17(23)22-14-9-7-13(8-10-14)19(24)25-2/h3-10H,11H2,1-2H3,(H,22,23). The summed E-state index contributed by atoms with van der Waals surface area (Å²) in [6.07, 6.45) is 0. The molecule has 0 unspecified atom stereocenters. The lowest BCUT2D eigenvalue weighted by atomic mass is 10.2. The molecule has 0 fully saturated rings. The van der Waals surface area contributed by atoms with Crippen LogP contribution in [-0.2, 0) is 9.53 Å². The molecule has 0 spiro atoms. The fourth-order valence-electron chi connectivity index (χ4n) is 2.41. The Bertz CT molecular complexity index is 958. The van der Waals surface area contributed by atoms with Gasteiger partial charge in [-0.1, -0.05) is 30.0 Å². The number of aryl methyl sites for hydroxylation is 1. The lowest BCUT2D eigenvalue weighted by Crippen LogP contribution is -2.14. The van der Waals surface area contributed by atoms with Crippen molar-refractivity contribution in [1.29, 1.82) is 0 Å². The summed E-state index contributed by atoms with van der Waals surface area (Å²) in [5.41, 5.74) is 1.91. The molecular weight excluding hydrogens is 350 g/mol. The second-order valence-electron chi connectivity index (χ2n) is 5.50. The molecule has 1 aromatic heterocycles. The highest BCUT2D eigenvalue weighted by molar-refractivity contribution is 8.00. The van der Waals surface area contributed by atoms with Crippen LogP contribution in [0, 0.1) is 6.92 Å². The molecule has 0 bridgehead atoms. The summed E-state index contributed by atoms with van der Waals surface area (Å²) >= 11 is 1.37. The number of esters is 1. The fraction of sp³-hybridized carbons (Fsp3) is 0.158. The largest absolute Gasteiger partial charge is 0.465 e. The van der Waals surface area contributed by atoms with Gasteiger partial charge in [0.1, 0.15) is 10.9 Å². The molecule has 1 heterocycles. The van der Waals surface area contributed by atoms with Gasteiger partial charge in [0.25, 0.3) is 0 Å². The lowest BCUT2D eigenvalue weighted by molar-refractivity contribution is -0.113. The van der Waals surface area contributed by atoms with Crippen molar-refractivity contribution in [3.05, 3.63) is 59.9 Å². The van der Waals surface area contributed by atoms with Gasteiger partial charge in [0.2, 0.25) is 5.91 Å². The molecular formula is C19H17N3O3S. The van der Waals surface area contributed by atoms with E-state index in [-0.39, 0.29) is 11.7 Å². The average Bonchev–Trinajstić information content (AvgIpc) is 2.66. The molecule has 6 nitrogen and oxygen atoms in total. The number of nitrogens with zero attached hydrogens (tertiary/aromatic N) is 2. The zero-order chi connectivity index (χ0) is 18.5. The smallest absolute Gasteiger partial charge is 0.337 e. The summed E-state index contributed by atoms with van der Waals surface area (Å²) in [6, 6.07) is 14.3. The third-order valence-corrected chi connectivity index (χ3v) is 4.60. The fourth-order valence-corrected chi connectivity index (χ4v) is 3.27. The second-order valence-corrected chi connectivity index (χ2v) is 6.46. The molecule has 3 rings (SSSR count). The average molecular weight is 367 g/mol. The molecule has 0 aliphatic carbocycles. The van der Waals surface area contributed by atoms with Crippen molar-refractivity contribution in [2.75, 3.05) is 18.2 Å². The first-order valence-corrected chi connectivity index (χ1v) is 8.90. The van der Waals surface area contributed by atoms with Crippen LogP contribution >= 0.6 is 11.8 Å². The zero-order valence-electron chi connectivity index (χ0n) is 14.4. The maximum absolute atomic E-state index is 12.2. The molecule has 0 aliphatic rings. The Morgan fingerprint density at radius 1 is 1.08 bits per heavy atom. The van der Waals surface area contributed by atoms with Gasteiger partial charge in [-0.05, 0) is 37.3 Å². The van der Waals surface area contributed by atoms with E-state index in [1.54, 1.807) is 24.3 Å². The van der Waals surface area contributed by atoms with Gasteiger partial charge >= 0.3 is 5.97 Å². The highest BCUT2D eigenvalue weighted by atomic mass is 32.2. The molecule has 0 radical (unpaired) electrons. The number of hydrogen-bond donors (Lipinski definition) is 1. The molecule has 1 N–H and O–H groups in total. The van der Waals surface area contributed by atoms with Gasteiger partial charge in [-0.2, -0.15) is 0 Å². The summed E-state index contributed by atoms with van der Waals surface area (Å²) in [6.45, 7) is 1.83. The van der Waals surface area contributed by atoms with Crippen LogP contribution in [0.4, 0.5) is 5.69 Å². The number of para-hydroxylation sites is 1. The third-order valence-electron chi connectivity index (χ3n) is 3.61. The minimum atomic E-state index is -0.413. The van der Waals surface area contributed by atoms with Crippen molar-refractivity contribution in [2.24, 2.45) is 0 Å². The lowest BCUT2D eigenvalue weighted by Gasteiger charge is -2.08. The van der Waals surface area contributed by atoms with E-state index >= 15 is 0 Å². The van der Waals surface area contributed by atoms with Crippen LogP contribution in [0.2, 0.25) is 0 Å². The zero-order valence-corrected chi connectivity index (χ0v) is 15.2. The Hall–Kier alpha value is -2.93. The Morgan fingerprint density at radius 2 is 1.81 bits per heavy atom. The van der Waals surface area contributed by atoms with E-state index in [0.717, 1.165) is 15.9 Å². The minimum absolute atomic E-state index is 0.152. The summed E-state index contributed by atoms with van der Waals surface area (Å²) < 4.78 is 4.65. The first-order valence-electron chi connectivity index (χ1n) is 7.91. The van der Waals surface area contributed by atoms with Crippen LogP contribution < -0.4 is 5.32 Å². The number of methoxy groups -OCH3 is 1. The maximum atomic E-state index is 12.2. The quantitative estimate of drug-likeness (QED) is 0.423. The normalized spacial score (nSPS) is 10.5. The molecule has 1 amide bonds. The highest BCUT2D eigenvalue weighted by Crippen LogP contribution is 2.25. The van der Waals surface area contributed by atoms with Crippen LogP contribution in [0.5, 0.6) is 0 Å². The maximum Gasteiger partial charge on any atom is 0.337 e. The van der Waals surface area contributed by atoms with Crippen molar-refractivity contribution >= 4 is 40.2 Å². The molecule has 26 heavy (non-hydrogen) atoms. The number of rotatable bonds is 5. The number of amides is 1. The topological polar surface area (TPSA) is 81.2 Å². The Morgan fingerprint density at radius 3 is 2.54 bits per heavy atom. The monoisotopic (exact) mass is 367 g/mol. The number of anilines is 1. The van der Waals surface area contributed by atoms with E-state index in [4.69, 9.17) is 0 Å². The Balaban J connectivity index is 1.65. The highest BCUT2D eigenvalue weighted by Gasteiger charge is 2.10. The summed E-state index contributed by atoms with van der Waals surface area (Å²) in [7, 11) is 1.33. The number of ether oxygens (including phenoxy) is 1. The number of benzene rings is 2. The molecule has 132 valence electrons. The van der Waals surface area contributed by atoms with Crippen molar-refractivity contribution in [1.82, 2.24) is 9.97 Å². The number of nitrogens with one attached hydrogen (secondary N) is 1. The van der Waals surface area contributed by atoms with Gasteiger partial charge in [-0.15, -0.1) is 0 Å². The molecule has 0 aliphatic heterocycles. The summed E-state index contributed by atoms with van der Waals surface area (Å²) in [4.78, 5) is 32.5. The second kappa shape index (κ2) is 7.97. The van der Waals surface area contributed by atoms with E-state index in [1.165, 1.54) is 18.9 Å². The van der Waals surface area contributed by atoms with Gasteiger partial charge in [0.15, 0.2) is 0 Å². The van der Waals surface area contributed by atoms with Crippen LogP contribution in [0.25, 0.3) is 10.9 Å². The molecule has 2 aromatic carbocycles. The Kier molecular flexibility index (Phi) is 5.48. The van der Waals surface area contributed by atoms with E-state index in [1.807, 2.05) is 31.2 Å². The number of thioether (sulfide) groups is 1. The molecule has 3 aromatic rings. The van der Waals surface area contributed by atoms with Crippen molar-refractivity contribution in [3.63, 3.8) is 0 Å². The van der Waals surface area contributed by atoms with Crippen LogP contribution in [0.15, 0.2) is 53.6 Å². The SMILES string of the molecule is COC(=O)c1ccc(NC(=O)CSc2nc(C)nc3ccccc23)cc1. The predicted molar refractivity (Wildman–Crippen MR) is 101 cm³/mol. The van der Waals surface area contributed by atoms with E-state index in [9.17, 15) is 9.59 Å². The summed E-state index contributed by atoms with van der Waals surface area (Å²) in [5, 5.41) is 4.51. The number of hydrogen-bond acceptors (Lipinski definition) is 6. The van der Waals surface area contributed by atoms with Crippen LogP contribution in [0.3, 0.4) is 0 Å². The molecule has 7 heteroatoms. The first kappa shape index (κ1) is 17.9. The van der Waals surface area contributed by atoms with Crippen LogP contribution in [-0.4, -0.2) is 34.7 Å². The van der Waals surface area contributed by atoms with E-state index in [2.05, 4.69) is 20.0 Å². The minimum Gasteiger partial charge on any atom is -0.465 e.